The molecule has 17 heavy (non-hydrogen) atoms. The van der Waals surface area contributed by atoms with Gasteiger partial charge in [-0.05, 0) is 30.7 Å². The third-order valence-electron chi connectivity index (χ3n) is 2.63. The first-order valence-electron chi connectivity index (χ1n) is 5.74. The molecule has 0 aliphatic rings. The van der Waals surface area contributed by atoms with Crippen molar-refractivity contribution in [2.45, 2.75) is 20.8 Å². The van der Waals surface area contributed by atoms with Crippen LogP contribution in [0.4, 0.5) is 5.69 Å². The molecular formula is C14H16N2O. The zero-order valence-corrected chi connectivity index (χ0v) is 10.3. The minimum atomic E-state index is -0.0331. The minimum absolute atomic E-state index is 0.0163. The number of benzene rings is 1. The van der Waals surface area contributed by atoms with Crippen LogP contribution in [0.5, 0.6) is 0 Å². The molecule has 0 radical (unpaired) electrons. The van der Waals surface area contributed by atoms with Crippen LogP contribution in [0, 0.1) is 12.8 Å². The summed E-state index contributed by atoms with van der Waals surface area (Å²) in [4.78, 5) is 16.0. The van der Waals surface area contributed by atoms with Crippen LogP contribution in [-0.4, -0.2) is 10.9 Å². The summed E-state index contributed by atoms with van der Waals surface area (Å²) >= 11 is 0. The maximum Gasteiger partial charge on any atom is 0.226 e. The van der Waals surface area contributed by atoms with Gasteiger partial charge in [-0.15, -0.1) is 0 Å². The van der Waals surface area contributed by atoms with Crippen LogP contribution in [0.2, 0.25) is 0 Å². The molecule has 1 N–H and O–H groups in total. The van der Waals surface area contributed by atoms with Crippen molar-refractivity contribution in [3.8, 4) is 0 Å². The Kier molecular flexibility index (Phi) is 3.09. The number of rotatable bonds is 2. The Hall–Kier alpha value is -1.90. The normalized spacial score (nSPS) is 10.8. The van der Waals surface area contributed by atoms with E-state index in [1.807, 2.05) is 39.0 Å². The number of hydrogen-bond donors (Lipinski definition) is 1. The number of nitrogens with zero attached hydrogens (tertiary/aromatic N) is 1. The lowest BCUT2D eigenvalue weighted by Gasteiger charge is -2.11. The average Bonchev–Trinajstić information content (AvgIpc) is 2.28. The number of anilines is 1. The van der Waals surface area contributed by atoms with E-state index in [0.717, 1.165) is 22.2 Å². The fraction of sp³-hybridized carbons (Fsp3) is 0.286. The standard InChI is InChI=1S/C14H16N2O/c1-9(2)14(17)16-12-8-10(3)7-11-5-4-6-15-13(11)12/h4-9H,1-3H3,(H,16,17). The van der Waals surface area contributed by atoms with Crippen LogP contribution in [0.25, 0.3) is 10.9 Å². The maximum atomic E-state index is 11.7. The Balaban J connectivity index is 2.49. The van der Waals surface area contributed by atoms with Gasteiger partial charge >= 0.3 is 0 Å². The Morgan fingerprint density at radius 2 is 2.12 bits per heavy atom. The smallest absolute Gasteiger partial charge is 0.226 e. The van der Waals surface area contributed by atoms with E-state index in [2.05, 4.69) is 16.4 Å². The molecule has 88 valence electrons. The molecule has 1 heterocycles. The summed E-state index contributed by atoms with van der Waals surface area (Å²) in [6.45, 7) is 5.76. The summed E-state index contributed by atoms with van der Waals surface area (Å²) in [6.07, 6.45) is 1.74. The lowest BCUT2D eigenvalue weighted by atomic mass is 10.1. The highest BCUT2D eigenvalue weighted by Crippen LogP contribution is 2.23. The molecular weight excluding hydrogens is 212 g/mol. The second kappa shape index (κ2) is 4.53. The van der Waals surface area contributed by atoms with Gasteiger partial charge in [0.1, 0.15) is 0 Å². The van der Waals surface area contributed by atoms with E-state index in [0.29, 0.717) is 0 Å². The second-order valence-electron chi connectivity index (χ2n) is 4.53. The van der Waals surface area contributed by atoms with E-state index in [-0.39, 0.29) is 11.8 Å². The van der Waals surface area contributed by atoms with Gasteiger partial charge in [0.2, 0.25) is 5.91 Å². The van der Waals surface area contributed by atoms with Crippen LogP contribution in [0.1, 0.15) is 19.4 Å². The van der Waals surface area contributed by atoms with E-state index in [4.69, 9.17) is 0 Å². The molecule has 1 amide bonds. The lowest BCUT2D eigenvalue weighted by molar-refractivity contribution is -0.118. The van der Waals surface area contributed by atoms with Crippen molar-refractivity contribution in [3.63, 3.8) is 0 Å². The molecule has 2 aromatic rings. The highest BCUT2D eigenvalue weighted by Gasteiger charge is 2.10. The number of aryl methyl sites for hydroxylation is 1. The van der Waals surface area contributed by atoms with E-state index in [9.17, 15) is 4.79 Å². The number of carbonyl (C=O) groups excluding carboxylic acids is 1. The SMILES string of the molecule is Cc1cc(NC(=O)C(C)C)c2ncccc2c1. The highest BCUT2D eigenvalue weighted by atomic mass is 16.1. The van der Waals surface area contributed by atoms with Gasteiger partial charge in [-0.25, -0.2) is 0 Å². The van der Waals surface area contributed by atoms with Gasteiger partial charge < -0.3 is 5.32 Å². The van der Waals surface area contributed by atoms with Crippen LogP contribution < -0.4 is 5.32 Å². The number of nitrogens with one attached hydrogen (secondary N) is 1. The van der Waals surface area contributed by atoms with Crippen molar-refractivity contribution in [1.29, 1.82) is 0 Å². The molecule has 0 aliphatic carbocycles. The van der Waals surface area contributed by atoms with Gasteiger partial charge in [-0.2, -0.15) is 0 Å². The zero-order chi connectivity index (χ0) is 12.4. The Bertz CT molecular complexity index is 561. The van der Waals surface area contributed by atoms with Crippen molar-refractivity contribution >= 4 is 22.5 Å². The topological polar surface area (TPSA) is 42.0 Å². The summed E-state index contributed by atoms with van der Waals surface area (Å²) in [5, 5.41) is 3.97. The van der Waals surface area contributed by atoms with Gasteiger partial charge in [0.15, 0.2) is 0 Å². The fourth-order valence-corrected chi connectivity index (χ4v) is 1.71. The first kappa shape index (κ1) is 11.6. The van der Waals surface area contributed by atoms with E-state index >= 15 is 0 Å². The zero-order valence-electron chi connectivity index (χ0n) is 10.3. The van der Waals surface area contributed by atoms with Crippen molar-refractivity contribution in [1.82, 2.24) is 4.98 Å². The number of amides is 1. The molecule has 3 heteroatoms. The predicted molar refractivity (Wildman–Crippen MR) is 69.9 cm³/mol. The summed E-state index contributed by atoms with van der Waals surface area (Å²) in [6, 6.07) is 7.92. The quantitative estimate of drug-likeness (QED) is 0.858. The number of carbonyl (C=O) groups is 1. The molecule has 0 spiro atoms. The van der Waals surface area contributed by atoms with Crippen molar-refractivity contribution in [2.75, 3.05) is 5.32 Å². The van der Waals surface area contributed by atoms with Crippen LogP contribution in [-0.2, 0) is 4.79 Å². The molecule has 1 aromatic heterocycles. The van der Waals surface area contributed by atoms with Crippen LogP contribution in [0.3, 0.4) is 0 Å². The van der Waals surface area contributed by atoms with Gasteiger partial charge in [0, 0.05) is 17.5 Å². The molecule has 0 fully saturated rings. The van der Waals surface area contributed by atoms with Crippen molar-refractivity contribution in [3.05, 3.63) is 36.0 Å². The summed E-state index contributed by atoms with van der Waals surface area (Å²) in [5.74, 6) is -0.0168. The van der Waals surface area contributed by atoms with Crippen molar-refractivity contribution < 1.29 is 4.79 Å². The first-order valence-corrected chi connectivity index (χ1v) is 5.74. The number of aromatic nitrogens is 1. The monoisotopic (exact) mass is 228 g/mol. The van der Waals surface area contributed by atoms with Gasteiger partial charge in [-0.3, -0.25) is 9.78 Å². The second-order valence-corrected chi connectivity index (χ2v) is 4.53. The van der Waals surface area contributed by atoms with Crippen LogP contribution in [0.15, 0.2) is 30.5 Å². The lowest BCUT2D eigenvalue weighted by Crippen LogP contribution is -2.18. The van der Waals surface area contributed by atoms with Crippen LogP contribution >= 0.6 is 0 Å². The molecule has 0 saturated carbocycles. The van der Waals surface area contributed by atoms with Crippen molar-refractivity contribution in [2.24, 2.45) is 5.92 Å². The molecule has 3 nitrogen and oxygen atoms in total. The van der Waals surface area contributed by atoms with E-state index in [1.54, 1.807) is 6.20 Å². The van der Waals surface area contributed by atoms with E-state index in [1.165, 1.54) is 0 Å². The minimum Gasteiger partial charge on any atom is -0.324 e. The third kappa shape index (κ3) is 2.44. The average molecular weight is 228 g/mol. The number of pyridine rings is 1. The summed E-state index contributed by atoms with van der Waals surface area (Å²) in [5.41, 5.74) is 2.75. The molecule has 0 atom stereocenters. The van der Waals surface area contributed by atoms with Gasteiger partial charge in [0.05, 0.1) is 11.2 Å². The molecule has 0 unspecified atom stereocenters. The first-order chi connectivity index (χ1) is 8.08. The molecule has 2 rings (SSSR count). The molecule has 0 saturated heterocycles. The third-order valence-corrected chi connectivity index (χ3v) is 2.63. The highest BCUT2D eigenvalue weighted by molar-refractivity contribution is 6.01. The Morgan fingerprint density at radius 3 is 2.82 bits per heavy atom. The fourth-order valence-electron chi connectivity index (χ4n) is 1.71. The number of hydrogen-bond acceptors (Lipinski definition) is 2. The Labute approximate surface area is 101 Å². The summed E-state index contributed by atoms with van der Waals surface area (Å²) < 4.78 is 0. The molecule has 1 aromatic carbocycles. The predicted octanol–water partition coefficient (Wildman–Crippen LogP) is 3.14. The van der Waals surface area contributed by atoms with E-state index < -0.39 is 0 Å². The largest absolute Gasteiger partial charge is 0.324 e. The molecule has 0 aliphatic heterocycles. The summed E-state index contributed by atoms with van der Waals surface area (Å²) in [7, 11) is 0. The molecule has 0 bridgehead atoms. The van der Waals surface area contributed by atoms with Gasteiger partial charge in [0.25, 0.3) is 0 Å². The Morgan fingerprint density at radius 1 is 1.35 bits per heavy atom. The van der Waals surface area contributed by atoms with Gasteiger partial charge in [-0.1, -0.05) is 19.9 Å². The maximum absolute atomic E-state index is 11.7. The number of fused-ring (bicyclic) bond motifs is 1.